The van der Waals surface area contributed by atoms with E-state index in [0.717, 1.165) is 0 Å². The Kier molecular flexibility index (Phi) is 4.65. The SMILES string of the molecule is CC(C)OCCOc1nnccc1C(=N)N. The Bertz CT molecular complexity index is 354. The van der Waals surface area contributed by atoms with Gasteiger partial charge in [0, 0.05) is 0 Å². The molecule has 1 aromatic heterocycles. The maximum atomic E-state index is 7.32. The van der Waals surface area contributed by atoms with Crippen molar-refractivity contribution in [3.63, 3.8) is 0 Å². The molecule has 0 spiro atoms. The zero-order valence-electron chi connectivity index (χ0n) is 9.43. The molecule has 1 rings (SSSR count). The number of hydrogen-bond acceptors (Lipinski definition) is 5. The van der Waals surface area contributed by atoms with Gasteiger partial charge in [-0.1, -0.05) is 0 Å². The summed E-state index contributed by atoms with van der Waals surface area (Å²) in [5, 5.41) is 14.8. The predicted octanol–water partition coefficient (Wildman–Crippen LogP) is 0.564. The number of hydrogen-bond donors (Lipinski definition) is 2. The average molecular weight is 224 g/mol. The Morgan fingerprint density at radius 2 is 2.25 bits per heavy atom. The fourth-order valence-electron chi connectivity index (χ4n) is 1.05. The summed E-state index contributed by atoms with van der Waals surface area (Å²) in [4.78, 5) is 0. The predicted molar refractivity (Wildman–Crippen MR) is 59.6 cm³/mol. The number of nitrogen functional groups attached to an aromatic ring is 1. The molecule has 0 aliphatic rings. The third-order valence-electron chi connectivity index (χ3n) is 1.75. The molecule has 0 fully saturated rings. The van der Waals surface area contributed by atoms with Gasteiger partial charge in [-0.05, 0) is 19.9 Å². The monoisotopic (exact) mass is 224 g/mol. The fraction of sp³-hybridized carbons (Fsp3) is 0.500. The van der Waals surface area contributed by atoms with Gasteiger partial charge in [0.05, 0.1) is 24.5 Å². The molecule has 1 aromatic rings. The number of amidine groups is 1. The van der Waals surface area contributed by atoms with E-state index in [9.17, 15) is 0 Å². The van der Waals surface area contributed by atoms with Gasteiger partial charge in [-0.15, -0.1) is 5.10 Å². The summed E-state index contributed by atoms with van der Waals surface area (Å²) < 4.78 is 10.6. The van der Waals surface area contributed by atoms with Crippen LogP contribution in [-0.4, -0.2) is 35.4 Å². The van der Waals surface area contributed by atoms with Crippen LogP contribution in [0.3, 0.4) is 0 Å². The van der Waals surface area contributed by atoms with Crippen molar-refractivity contribution in [1.29, 1.82) is 5.41 Å². The largest absolute Gasteiger partial charge is 0.474 e. The van der Waals surface area contributed by atoms with Crippen LogP contribution in [0.15, 0.2) is 12.3 Å². The van der Waals surface area contributed by atoms with Crippen LogP contribution < -0.4 is 10.5 Å². The third-order valence-corrected chi connectivity index (χ3v) is 1.75. The molecule has 16 heavy (non-hydrogen) atoms. The first-order valence-electron chi connectivity index (χ1n) is 5.01. The molecule has 0 unspecified atom stereocenters. The van der Waals surface area contributed by atoms with Gasteiger partial charge in [0.25, 0.3) is 0 Å². The van der Waals surface area contributed by atoms with E-state index in [2.05, 4.69) is 10.2 Å². The standard InChI is InChI=1S/C10H16N4O2/c1-7(2)15-5-6-16-10-8(9(11)12)3-4-13-14-10/h3-4,7H,5-6H2,1-2H3,(H3,11,12). The Morgan fingerprint density at radius 1 is 1.50 bits per heavy atom. The second-order valence-corrected chi connectivity index (χ2v) is 3.43. The van der Waals surface area contributed by atoms with Crippen LogP contribution in [0, 0.1) is 5.41 Å². The zero-order valence-corrected chi connectivity index (χ0v) is 9.43. The van der Waals surface area contributed by atoms with E-state index >= 15 is 0 Å². The lowest BCUT2D eigenvalue weighted by atomic mass is 10.3. The molecular formula is C10H16N4O2. The molecule has 0 aliphatic heterocycles. The molecule has 6 nitrogen and oxygen atoms in total. The van der Waals surface area contributed by atoms with Gasteiger partial charge in [-0.25, -0.2) is 0 Å². The Hall–Kier alpha value is -1.69. The van der Waals surface area contributed by atoms with Crippen LogP contribution in [0.2, 0.25) is 0 Å². The smallest absolute Gasteiger partial charge is 0.244 e. The van der Waals surface area contributed by atoms with Gasteiger partial charge < -0.3 is 15.2 Å². The third kappa shape index (κ3) is 3.82. The summed E-state index contributed by atoms with van der Waals surface area (Å²) in [5.74, 6) is 0.178. The van der Waals surface area contributed by atoms with E-state index in [0.29, 0.717) is 18.8 Å². The van der Waals surface area contributed by atoms with E-state index in [1.807, 2.05) is 13.8 Å². The van der Waals surface area contributed by atoms with Crippen LogP contribution >= 0.6 is 0 Å². The lowest BCUT2D eigenvalue weighted by Gasteiger charge is -2.10. The molecule has 0 bridgehead atoms. The lowest BCUT2D eigenvalue weighted by molar-refractivity contribution is 0.0540. The van der Waals surface area contributed by atoms with Crippen LogP contribution in [-0.2, 0) is 4.74 Å². The van der Waals surface area contributed by atoms with Crippen LogP contribution in [0.1, 0.15) is 19.4 Å². The highest BCUT2D eigenvalue weighted by molar-refractivity contribution is 5.96. The molecule has 1 heterocycles. The van der Waals surface area contributed by atoms with E-state index in [4.69, 9.17) is 20.6 Å². The summed E-state index contributed by atoms with van der Waals surface area (Å²) in [6, 6.07) is 1.59. The summed E-state index contributed by atoms with van der Waals surface area (Å²) >= 11 is 0. The number of nitrogens with zero attached hydrogens (tertiary/aromatic N) is 2. The number of nitrogens with one attached hydrogen (secondary N) is 1. The minimum absolute atomic E-state index is 0.0883. The minimum Gasteiger partial charge on any atom is -0.474 e. The highest BCUT2D eigenvalue weighted by Gasteiger charge is 2.07. The maximum absolute atomic E-state index is 7.32. The van der Waals surface area contributed by atoms with Gasteiger partial charge in [0.1, 0.15) is 12.4 Å². The Balaban J connectivity index is 2.50. The minimum atomic E-state index is -0.0883. The lowest BCUT2D eigenvalue weighted by Crippen LogP contribution is -2.17. The van der Waals surface area contributed by atoms with Gasteiger partial charge >= 0.3 is 0 Å². The van der Waals surface area contributed by atoms with Crippen molar-refractivity contribution in [2.75, 3.05) is 13.2 Å². The molecule has 0 atom stereocenters. The summed E-state index contributed by atoms with van der Waals surface area (Å²) in [7, 11) is 0. The van der Waals surface area contributed by atoms with Gasteiger partial charge in [-0.2, -0.15) is 5.10 Å². The van der Waals surface area contributed by atoms with Gasteiger partial charge in [0.15, 0.2) is 0 Å². The molecule has 0 amide bonds. The molecule has 0 saturated carbocycles. The van der Waals surface area contributed by atoms with E-state index < -0.39 is 0 Å². The van der Waals surface area contributed by atoms with Crippen molar-refractivity contribution in [2.45, 2.75) is 20.0 Å². The number of aromatic nitrogens is 2. The second kappa shape index (κ2) is 6.02. The van der Waals surface area contributed by atoms with Crippen molar-refractivity contribution in [1.82, 2.24) is 10.2 Å². The number of rotatable bonds is 6. The van der Waals surface area contributed by atoms with Gasteiger partial charge in [-0.3, -0.25) is 5.41 Å². The fourth-order valence-corrected chi connectivity index (χ4v) is 1.05. The van der Waals surface area contributed by atoms with Crippen LogP contribution in [0.4, 0.5) is 0 Å². The Labute approximate surface area is 94.3 Å². The molecular weight excluding hydrogens is 208 g/mol. The van der Waals surface area contributed by atoms with E-state index in [1.54, 1.807) is 6.07 Å². The highest BCUT2D eigenvalue weighted by atomic mass is 16.5. The summed E-state index contributed by atoms with van der Waals surface area (Å²) in [6.07, 6.45) is 1.63. The molecule has 0 aliphatic carbocycles. The zero-order chi connectivity index (χ0) is 12.0. The normalized spacial score (nSPS) is 10.4. The van der Waals surface area contributed by atoms with Crippen molar-refractivity contribution >= 4 is 5.84 Å². The van der Waals surface area contributed by atoms with Crippen molar-refractivity contribution < 1.29 is 9.47 Å². The van der Waals surface area contributed by atoms with Crippen molar-refractivity contribution in [3.8, 4) is 5.88 Å². The second-order valence-electron chi connectivity index (χ2n) is 3.43. The summed E-state index contributed by atoms with van der Waals surface area (Å²) in [6.45, 7) is 4.72. The quantitative estimate of drug-likeness (QED) is 0.418. The molecule has 3 N–H and O–H groups in total. The first-order chi connectivity index (χ1) is 7.61. The van der Waals surface area contributed by atoms with Crippen molar-refractivity contribution in [3.05, 3.63) is 17.8 Å². The maximum Gasteiger partial charge on any atom is 0.244 e. The highest BCUT2D eigenvalue weighted by Crippen LogP contribution is 2.11. The molecule has 0 aromatic carbocycles. The first-order valence-corrected chi connectivity index (χ1v) is 5.01. The molecule has 0 radical (unpaired) electrons. The summed E-state index contributed by atoms with van der Waals surface area (Å²) in [5.41, 5.74) is 5.82. The number of nitrogens with two attached hydrogens (primary N) is 1. The molecule has 6 heteroatoms. The van der Waals surface area contributed by atoms with Crippen LogP contribution in [0.5, 0.6) is 5.88 Å². The first kappa shape index (κ1) is 12.4. The number of ether oxygens (including phenoxy) is 2. The van der Waals surface area contributed by atoms with Gasteiger partial charge in [0.2, 0.25) is 5.88 Å². The van der Waals surface area contributed by atoms with E-state index in [1.165, 1.54) is 6.20 Å². The molecule has 0 saturated heterocycles. The molecule has 88 valence electrons. The van der Waals surface area contributed by atoms with E-state index in [-0.39, 0.29) is 17.8 Å². The average Bonchev–Trinajstić information content (AvgIpc) is 2.24. The topological polar surface area (TPSA) is 94.1 Å². The Morgan fingerprint density at radius 3 is 2.88 bits per heavy atom. The van der Waals surface area contributed by atoms with Crippen LogP contribution in [0.25, 0.3) is 0 Å². The van der Waals surface area contributed by atoms with Crippen molar-refractivity contribution in [2.24, 2.45) is 5.73 Å².